The molecular formula is C34H50O5. The third kappa shape index (κ3) is 10.5. The van der Waals surface area contributed by atoms with E-state index in [1.807, 2.05) is 44.2 Å². The van der Waals surface area contributed by atoms with E-state index in [4.69, 9.17) is 4.74 Å². The van der Waals surface area contributed by atoms with Gasteiger partial charge in [-0.1, -0.05) is 84.4 Å². The first-order chi connectivity index (χ1) is 18.0. The number of unbranched alkanes of at least 4 members (excludes halogenated alkanes) is 2. The van der Waals surface area contributed by atoms with Crippen molar-refractivity contribution >= 4 is 18.0 Å². The van der Waals surface area contributed by atoms with Crippen LogP contribution in [0.2, 0.25) is 0 Å². The summed E-state index contributed by atoms with van der Waals surface area (Å²) in [4.78, 5) is 37.4. The predicted molar refractivity (Wildman–Crippen MR) is 158 cm³/mol. The SMILES string of the molecule is CC1(C)C=C(C=CC2=CC(C)(C)C=C(CCCCC(C)(C)OC=O)C2=O)C(=O)C(CCCCC(C)(C)CO)=C1. The van der Waals surface area contributed by atoms with E-state index in [2.05, 4.69) is 47.6 Å². The van der Waals surface area contributed by atoms with E-state index in [-0.39, 0.29) is 34.4 Å². The van der Waals surface area contributed by atoms with Crippen LogP contribution in [0.3, 0.4) is 0 Å². The molecule has 2 rings (SSSR count). The molecule has 0 amide bonds. The molecule has 0 aromatic rings. The third-order valence-electron chi connectivity index (χ3n) is 7.52. The van der Waals surface area contributed by atoms with Gasteiger partial charge >= 0.3 is 0 Å². The van der Waals surface area contributed by atoms with Crippen molar-refractivity contribution in [1.29, 1.82) is 0 Å². The first kappa shape index (κ1) is 32.7. The van der Waals surface area contributed by atoms with E-state index in [9.17, 15) is 19.5 Å². The summed E-state index contributed by atoms with van der Waals surface area (Å²) < 4.78 is 5.13. The Morgan fingerprint density at radius 1 is 0.744 bits per heavy atom. The molecule has 0 bridgehead atoms. The monoisotopic (exact) mass is 538 g/mol. The summed E-state index contributed by atoms with van der Waals surface area (Å²) in [7, 11) is 0. The van der Waals surface area contributed by atoms with E-state index in [0.717, 1.165) is 49.7 Å². The molecule has 0 fully saturated rings. The average molecular weight is 539 g/mol. The van der Waals surface area contributed by atoms with E-state index in [1.165, 1.54) is 0 Å². The van der Waals surface area contributed by atoms with Crippen molar-refractivity contribution in [3.63, 3.8) is 0 Å². The number of allylic oxidation sites excluding steroid dienone is 10. The molecule has 0 saturated carbocycles. The molecule has 1 N–H and O–H groups in total. The van der Waals surface area contributed by atoms with Crippen LogP contribution >= 0.6 is 0 Å². The topological polar surface area (TPSA) is 80.7 Å². The number of aliphatic hydroxyl groups excluding tert-OH is 1. The first-order valence-electron chi connectivity index (χ1n) is 14.4. The van der Waals surface area contributed by atoms with Crippen LogP contribution in [0.15, 0.2) is 58.7 Å². The van der Waals surface area contributed by atoms with Gasteiger partial charge < -0.3 is 9.84 Å². The molecule has 0 atom stereocenters. The maximum absolute atomic E-state index is 13.3. The quantitative estimate of drug-likeness (QED) is 0.172. The van der Waals surface area contributed by atoms with Crippen molar-refractivity contribution in [3.05, 3.63) is 58.7 Å². The van der Waals surface area contributed by atoms with Crippen molar-refractivity contribution in [2.24, 2.45) is 16.2 Å². The normalized spacial score (nSPS) is 19.4. The Kier molecular flexibility index (Phi) is 11.1. The molecule has 0 spiro atoms. The Balaban J connectivity index is 2.07. The summed E-state index contributed by atoms with van der Waals surface area (Å²) in [6.45, 7) is 16.9. The maximum atomic E-state index is 13.3. The lowest BCUT2D eigenvalue weighted by Crippen LogP contribution is -2.23. The lowest BCUT2D eigenvalue weighted by molar-refractivity contribution is -0.140. The van der Waals surface area contributed by atoms with Gasteiger partial charge in [0, 0.05) is 28.6 Å². The van der Waals surface area contributed by atoms with Crippen LogP contribution in [-0.4, -0.2) is 35.4 Å². The van der Waals surface area contributed by atoms with Crippen LogP contribution in [0.1, 0.15) is 107 Å². The number of hydrogen-bond donors (Lipinski definition) is 1. The highest BCUT2D eigenvalue weighted by atomic mass is 16.5. The highest BCUT2D eigenvalue weighted by Crippen LogP contribution is 2.35. The van der Waals surface area contributed by atoms with Crippen LogP contribution in [0.4, 0.5) is 0 Å². The molecule has 0 saturated heterocycles. The number of carbonyl (C=O) groups excluding carboxylic acids is 3. The number of ether oxygens (including phenoxy) is 1. The van der Waals surface area contributed by atoms with Crippen molar-refractivity contribution in [2.75, 3.05) is 6.61 Å². The van der Waals surface area contributed by atoms with Gasteiger partial charge in [-0.3, -0.25) is 14.4 Å². The molecule has 2 aliphatic rings. The summed E-state index contributed by atoms with van der Waals surface area (Å²) in [6, 6.07) is 0. The van der Waals surface area contributed by atoms with Gasteiger partial charge in [0.2, 0.25) is 0 Å². The lowest BCUT2D eigenvalue weighted by Gasteiger charge is -2.26. The fourth-order valence-electron chi connectivity index (χ4n) is 5.27. The largest absolute Gasteiger partial charge is 0.462 e. The summed E-state index contributed by atoms with van der Waals surface area (Å²) >= 11 is 0. The maximum Gasteiger partial charge on any atom is 0.293 e. The lowest BCUT2D eigenvalue weighted by atomic mass is 9.77. The first-order valence-corrected chi connectivity index (χ1v) is 14.4. The Labute approximate surface area is 236 Å². The van der Waals surface area contributed by atoms with Gasteiger partial charge in [0.15, 0.2) is 11.6 Å². The van der Waals surface area contributed by atoms with Crippen molar-refractivity contribution in [1.82, 2.24) is 0 Å². The molecule has 2 aliphatic carbocycles. The molecular weight excluding hydrogens is 488 g/mol. The zero-order chi connectivity index (χ0) is 29.5. The second kappa shape index (κ2) is 13.2. The molecule has 0 aromatic heterocycles. The van der Waals surface area contributed by atoms with Gasteiger partial charge in [0.05, 0.1) is 0 Å². The Bertz CT molecular complexity index is 1070. The summed E-state index contributed by atoms with van der Waals surface area (Å²) in [6.07, 6.45) is 18.3. The van der Waals surface area contributed by atoms with Crippen LogP contribution in [-0.2, 0) is 19.1 Å². The minimum atomic E-state index is -0.503. The molecule has 5 heteroatoms. The zero-order valence-electron chi connectivity index (χ0n) is 25.5. The Morgan fingerprint density at radius 2 is 1.18 bits per heavy atom. The standard InChI is InChI=1S/C34H50O5/c1-31(2,23-35)17-11-9-13-25-19-32(3,4)21-27(29(25)37)15-16-28-22-33(5,6)20-26(30(28)38)14-10-12-18-34(7,8)39-24-36/h15-16,19-22,24,35H,9-14,17-18,23H2,1-8H3. The zero-order valence-corrected chi connectivity index (χ0v) is 25.5. The molecule has 0 aliphatic heterocycles. The number of hydrogen-bond acceptors (Lipinski definition) is 5. The minimum Gasteiger partial charge on any atom is -0.462 e. The highest BCUT2D eigenvalue weighted by Gasteiger charge is 2.28. The summed E-state index contributed by atoms with van der Waals surface area (Å²) in [5.74, 6) is 0.0467. The summed E-state index contributed by atoms with van der Waals surface area (Å²) in [5, 5.41) is 9.49. The minimum absolute atomic E-state index is 0.0133. The van der Waals surface area contributed by atoms with Crippen LogP contribution in [0.25, 0.3) is 0 Å². The van der Waals surface area contributed by atoms with Crippen molar-refractivity contribution in [3.8, 4) is 0 Å². The van der Waals surface area contributed by atoms with Gasteiger partial charge in [-0.05, 0) is 75.4 Å². The number of rotatable bonds is 15. The van der Waals surface area contributed by atoms with Crippen LogP contribution in [0, 0.1) is 16.2 Å². The summed E-state index contributed by atoms with van der Waals surface area (Å²) in [5.41, 5.74) is 1.77. The average Bonchev–Trinajstić information content (AvgIpc) is 2.82. The molecule has 216 valence electrons. The highest BCUT2D eigenvalue weighted by molar-refractivity contribution is 6.13. The van der Waals surface area contributed by atoms with E-state index >= 15 is 0 Å². The van der Waals surface area contributed by atoms with Gasteiger partial charge in [0.1, 0.15) is 5.60 Å². The van der Waals surface area contributed by atoms with Gasteiger partial charge in [-0.2, -0.15) is 0 Å². The number of ketones is 2. The van der Waals surface area contributed by atoms with Gasteiger partial charge in [-0.25, -0.2) is 0 Å². The van der Waals surface area contributed by atoms with E-state index < -0.39 is 5.60 Å². The van der Waals surface area contributed by atoms with Crippen LogP contribution < -0.4 is 0 Å². The predicted octanol–water partition coefficient (Wildman–Crippen LogP) is 7.56. The van der Waals surface area contributed by atoms with Gasteiger partial charge in [0.25, 0.3) is 6.47 Å². The molecule has 0 aromatic carbocycles. The molecule has 5 nitrogen and oxygen atoms in total. The Morgan fingerprint density at radius 3 is 1.59 bits per heavy atom. The molecule has 0 radical (unpaired) electrons. The number of aliphatic hydroxyl groups is 1. The second-order valence-electron chi connectivity index (χ2n) is 13.9. The van der Waals surface area contributed by atoms with Gasteiger partial charge in [-0.15, -0.1) is 0 Å². The number of Topliss-reactive ketones (excluding diaryl/α,β-unsaturated/α-hetero) is 2. The smallest absolute Gasteiger partial charge is 0.293 e. The second-order valence-corrected chi connectivity index (χ2v) is 13.9. The molecule has 39 heavy (non-hydrogen) atoms. The van der Waals surface area contributed by atoms with Crippen LogP contribution in [0.5, 0.6) is 0 Å². The van der Waals surface area contributed by atoms with Crippen molar-refractivity contribution < 1.29 is 24.2 Å². The third-order valence-corrected chi connectivity index (χ3v) is 7.52. The fraction of sp³-hybridized carbons (Fsp3) is 0.618. The fourth-order valence-corrected chi connectivity index (χ4v) is 5.27. The number of carbonyl (C=O) groups is 3. The molecule has 0 unspecified atom stereocenters. The Hall–Kier alpha value is -2.53. The van der Waals surface area contributed by atoms with E-state index in [0.29, 0.717) is 30.5 Å². The van der Waals surface area contributed by atoms with E-state index in [1.54, 1.807) is 0 Å². The van der Waals surface area contributed by atoms with Crippen molar-refractivity contribution in [2.45, 2.75) is 112 Å². The molecule has 0 heterocycles.